The quantitative estimate of drug-likeness (QED) is 0.310. The average molecular weight is 344 g/mol. The Hall–Kier alpha value is -0.610. The van der Waals surface area contributed by atoms with Crippen LogP contribution in [-0.4, -0.2) is 28.8 Å². The molecule has 2 atom stereocenters. The number of hydrogen-bond donors (Lipinski definition) is 3. The van der Waals surface area contributed by atoms with E-state index < -0.39 is 5.97 Å². The fraction of sp³-hybridized carbons (Fsp3) is 0.950. The van der Waals surface area contributed by atoms with Crippen LogP contribution in [0.3, 0.4) is 0 Å². The normalized spacial score (nSPS) is 13.8. The number of aliphatic hydroxyl groups excluding tert-OH is 1. The molecule has 0 heterocycles. The summed E-state index contributed by atoms with van der Waals surface area (Å²) >= 11 is 0. The predicted molar refractivity (Wildman–Crippen MR) is 101 cm³/mol. The molecule has 0 fully saturated rings. The molecule has 0 radical (unpaired) electrons. The van der Waals surface area contributed by atoms with Gasteiger partial charge in [-0.05, 0) is 38.1 Å². The lowest BCUT2D eigenvalue weighted by atomic mass is 9.89. The van der Waals surface area contributed by atoms with Gasteiger partial charge in [0.05, 0.1) is 6.10 Å². The van der Waals surface area contributed by atoms with E-state index in [-0.39, 0.29) is 12.5 Å². The summed E-state index contributed by atoms with van der Waals surface area (Å²) in [6.07, 6.45) is 15.6. The van der Waals surface area contributed by atoms with Crippen molar-refractivity contribution >= 4 is 5.97 Å². The highest BCUT2D eigenvalue weighted by Crippen LogP contribution is 2.22. The van der Waals surface area contributed by atoms with Gasteiger partial charge in [0.15, 0.2) is 0 Å². The van der Waals surface area contributed by atoms with Crippen LogP contribution in [0.5, 0.6) is 0 Å². The van der Waals surface area contributed by atoms with Gasteiger partial charge in [-0.3, -0.25) is 4.79 Å². The van der Waals surface area contributed by atoms with Crippen molar-refractivity contribution in [2.45, 2.75) is 109 Å². The number of carbonyl (C=O) groups is 1. The van der Waals surface area contributed by atoms with Gasteiger partial charge in [0, 0.05) is 6.42 Å². The summed E-state index contributed by atoms with van der Waals surface area (Å²) in [4.78, 5) is 10.4. The van der Waals surface area contributed by atoms with Gasteiger partial charge < -0.3 is 15.9 Å². The number of carboxylic acid groups (broad SMARTS) is 1. The first kappa shape index (κ1) is 23.4. The highest BCUT2D eigenvalue weighted by Gasteiger charge is 2.17. The van der Waals surface area contributed by atoms with Gasteiger partial charge in [0.1, 0.15) is 0 Å². The lowest BCUT2D eigenvalue weighted by Crippen LogP contribution is -2.23. The van der Waals surface area contributed by atoms with Crippen molar-refractivity contribution in [1.29, 1.82) is 0 Å². The highest BCUT2D eigenvalue weighted by molar-refractivity contribution is 5.66. The molecule has 4 heteroatoms. The second kappa shape index (κ2) is 17.2. The van der Waals surface area contributed by atoms with E-state index in [1.807, 2.05) is 0 Å². The molecule has 0 aromatic heterocycles. The summed E-state index contributed by atoms with van der Waals surface area (Å²) in [5, 5.41) is 19.0. The minimum atomic E-state index is -0.704. The summed E-state index contributed by atoms with van der Waals surface area (Å²) in [5.74, 6) is -0.349. The van der Waals surface area contributed by atoms with E-state index in [0.29, 0.717) is 12.5 Å². The molecule has 144 valence electrons. The number of rotatable bonds is 18. The summed E-state index contributed by atoms with van der Waals surface area (Å²) in [6.45, 7) is 2.90. The zero-order valence-electron chi connectivity index (χ0n) is 15.8. The largest absolute Gasteiger partial charge is 0.481 e. The Morgan fingerprint density at radius 2 is 1.38 bits per heavy atom. The van der Waals surface area contributed by atoms with Crippen LogP contribution in [0.1, 0.15) is 103 Å². The third-order valence-corrected chi connectivity index (χ3v) is 4.90. The number of aliphatic hydroxyl groups is 1. The van der Waals surface area contributed by atoms with Crippen LogP contribution in [0.15, 0.2) is 0 Å². The van der Waals surface area contributed by atoms with Crippen LogP contribution in [-0.2, 0) is 4.79 Å². The Morgan fingerprint density at radius 1 is 0.833 bits per heavy atom. The monoisotopic (exact) mass is 343 g/mol. The van der Waals surface area contributed by atoms with Crippen molar-refractivity contribution in [1.82, 2.24) is 0 Å². The van der Waals surface area contributed by atoms with Crippen LogP contribution in [0, 0.1) is 5.92 Å². The lowest BCUT2D eigenvalue weighted by Gasteiger charge is -2.22. The summed E-state index contributed by atoms with van der Waals surface area (Å²) in [5.41, 5.74) is 5.71. The highest BCUT2D eigenvalue weighted by atomic mass is 16.4. The zero-order chi connectivity index (χ0) is 18.0. The predicted octanol–water partition coefficient (Wildman–Crippen LogP) is 4.88. The number of carboxylic acids is 1. The SMILES string of the molecule is CCCCCCCCC(CCN)C(O)CCCCCCCC(=O)O. The van der Waals surface area contributed by atoms with E-state index >= 15 is 0 Å². The molecular weight excluding hydrogens is 302 g/mol. The third kappa shape index (κ3) is 14.9. The topological polar surface area (TPSA) is 83.5 Å². The lowest BCUT2D eigenvalue weighted by molar-refractivity contribution is -0.137. The molecule has 0 aromatic carbocycles. The van der Waals surface area contributed by atoms with E-state index in [1.165, 1.54) is 38.5 Å². The molecule has 0 aliphatic carbocycles. The Labute approximate surface area is 149 Å². The standard InChI is InChI=1S/C20H41NO3/c1-2-3-4-5-7-10-13-18(16-17-21)19(22)14-11-8-6-9-12-15-20(23)24/h18-19,22H,2-17,21H2,1H3,(H,23,24). The summed E-state index contributed by atoms with van der Waals surface area (Å²) < 4.78 is 0. The Balaban J connectivity index is 3.70. The first-order chi connectivity index (χ1) is 11.6. The third-order valence-electron chi connectivity index (χ3n) is 4.90. The Morgan fingerprint density at radius 3 is 1.96 bits per heavy atom. The molecule has 0 bridgehead atoms. The first-order valence-electron chi connectivity index (χ1n) is 10.2. The maximum absolute atomic E-state index is 10.4. The molecule has 0 spiro atoms. The van der Waals surface area contributed by atoms with Crippen molar-refractivity contribution in [2.24, 2.45) is 11.7 Å². The molecule has 0 saturated heterocycles. The molecule has 4 N–H and O–H groups in total. The van der Waals surface area contributed by atoms with Gasteiger partial charge in [0.2, 0.25) is 0 Å². The van der Waals surface area contributed by atoms with Crippen molar-refractivity contribution < 1.29 is 15.0 Å². The number of hydrogen-bond acceptors (Lipinski definition) is 3. The molecule has 0 aromatic rings. The van der Waals surface area contributed by atoms with E-state index in [1.54, 1.807) is 0 Å². The van der Waals surface area contributed by atoms with Gasteiger partial charge in [0.25, 0.3) is 0 Å². The maximum atomic E-state index is 10.4. The van der Waals surface area contributed by atoms with Crippen molar-refractivity contribution in [3.05, 3.63) is 0 Å². The average Bonchev–Trinajstić information content (AvgIpc) is 2.55. The van der Waals surface area contributed by atoms with Gasteiger partial charge in [-0.1, -0.05) is 71.1 Å². The van der Waals surface area contributed by atoms with E-state index in [2.05, 4.69) is 6.92 Å². The van der Waals surface area contributed by atoms with Crippen LogP contribution < -0.4 is 5.73 Å². The zero-order valence-corrected chi connectivity index (χ0v) is 15.8. The van der Waals surface area contributed by atoms with E-state index in [4.69, 9.17) is 10.8 Å². The van der Waals surface area contributed by atoms with Crippen LogP contribution in [0.2, 0.25) is 0 Å². The summed E-state index contributed by atoms with van der Waals surface area (Å²) in [6, 6.07) is 0. The Bertz CT molecular complexity index is 284. The molecular formula is C20H41NO3. The number of unbranched alkanes of at least 4 members (excludes halogenated alkanes) is 9. The molecule has 0 aliphatic rings. The van der Waals surface area contributed by atoms with Crippen molar-refractivity contribution in [2.75, 3.05) is 6.54 Å². The van der Waals surface area contributed by atoms with Crippen molar-refractivity contribution in [3.63, 3.8) is 0 Å². The first-order valence-corrected chi connectivity index (χ1v) is 10.2. The van der Waals surface area contributed by atoms with Gasteiger partial charge in [-0.15, -0.1) is 0 Å². The maximum Gasteiger partial charge on any atom is 0.303 e. The van der Waals surface area contributed by atoms with E-state index in [0.717, 1.165) is 51.4 Å². The van der Waals surface area contributed by atoms with Crippen LogP contribution in [0.4, 0.5) is 0 Å². The molecule has 2 unspecified atom stereocenters. The molecule has 0 aliphatic heterocycles. The fourth-order valence-electron chi connectivity index (χ4n) is 3.33. The molecule has 0 rings (SSSR count). The van der Waals surface area contributed by atoms with Gasteiger partial charge >= 0.3 is 5.97 Å². The Kier molecular flexibility index (Phi) is 16.8. The number of aliphatic carboxylic acids is 1. The van der Waals surface area contributed by atoms with E-state index in [9.17, 15) is 9.90 Å². The molecule has 4 nitrogen and oxygen atoms in total. The number of nitrogens with two attached hydrogens (primary N) is 1. The van der Waals surface area contributed by atoms with Crippen LogP contribution >= 0.6 is 0 Å². The second-order valence-electron chi connectivity index (χ2n) is 7.16. The second-order valence-corrected chi connectivity index (χ2v) is 7.16. The summed E-state index contributed by atoms with van der Waals surface area (Å²) in [7, 11) is 0. The molecule has 0 amide bonds. The van der Waals surface area contributed by atoms with Crippen LogP contribution in [0.25, 0.3) is 0 Å². The smallest absolute Gasteiger partial charge is 0.303 e. The molecule has 0 saturated carbocycles. The minimum Gasteiger partial charge on any atom is -0.481 e. The van der Waals surface area contributed by atoms with Gasteiger partial charge in [-0.2, -0.15) is 0 Å². The molecule has 24 heavy (non-hydrogen) atoms. The minimum absolute atomic E-state index is 0.219. The fourth-order valence-corrected chi connectivity index (χ4v) is 3.33. The van der Waals surface area contributed by atoms with Crippen molar-refractivity contribution in [3.8, 4) is 0 Å². The van der Waals surface area contributed by atoms with Gasteiger partial charge in [-0.25, -0.2) is 0 Å².